The predicted octanol–water partition coefficient (Wildman–Crippen LogP) is 5.12. The molecule has 0 aliphatic heterocycles. The number of aromatic nitrogens is 3. The largest absolute Gasteiger partial charge is 0.366 e. The topological polar surface area (TPSA) is 62.7 Å². The van der Waals surface area contributed by atoms with E-state index in [1.54, 1.807) is 6.20 Å². The highest BCUT2D eigenvalue weighted by Crippen LogP contribution is 2.22. The maximum Gasteiger partial charge on any atom is 0.225 e. The number of rotatable bonds is 7. The number of anilines is 2. The first kappa shape index (κ1) is 18.3. The summed E-state index contributed by atoms with van der Waals surface area (Å²) in [6, 6.07) is 14.4. The zero-order valence-electron chi connectivity index (χ0n) is 14.9. The minimum absolute atomic E-state index is 0.304. The van der Waals surface area contributed by atoms with Gasteiger partial charge in [0.2, 0.25) is 5.95 Å². The molecule has 2 aromatic heterocycles. The smallest absolute Gasteiger partial charge is 0.225 e. The van der Waals surface area contributed by atoms with Gasteiger partial charge in [0, 0.05) is 41.1 Å². The van der Waals surface area contributed by atoms with Crippen molar-refractivity contribution in [3.63, 3.8) is 0 Å². The van der Waals surface area contributed by atoms with Crippen molar-refractivity contribution >= 4 is 27.7 Å². The van der Waals surface area contributed by atoms with E-state index in [-0.39, 0.29) is 0 Å². The Balaban J connectivity index is 1.85. The van der Waals surface area contributed by atoms with Gasteiger partial charge in [0.1, 0.15) is 5.82 Å². The van der Waals surface area contributed by atoms with E-state index in [4.69, 9.17) is 0 Å². The number of nitrogens with one attached hydrogen (secondary N) is 2. The van der Waals surface area contributed by atoms with Gasteiger partial charge >= 0.3 is 0 Å². The van der Waals surface area contributed by atoms with Crippen molar-refractivity contribution in [1.29, 1.82) is 0 Å². The molecule has 0 aliphatic carbocycles. The third-order valence-electron chi connectivity index (χ3n) is 4.06. The Morgan fingerprint density at radius 3 is 2.62 bits per heavy atom. The summed E-state index contributed by atoms with van der Waals surface area (Å²) in [5.74, 6) is 1.41. The van der Waals surface area contributed by atoms with E-state index in [9.17, 15) is 0 Å². The zero-order chi connectivity index (χ0) is 18.4. The fourth-order valence-electron chi connectivity index (χ4n) is 2.38. The quantitative estimate of drug-likeness (QED) is 0.564. The average molecular weight is 412 g/mol. The number of halogens is 1. The van der Waals surface area contributed by atoms with Crippen LogP contribution in [0.4, 0.5) is 11.8 Å². The molecule has 0 radical (unpaired) electrons. The highest BCUT2D eigenvalue weighted by Gasteiger charge is 2.09. The molecule has 5 nitrogen and oxygen atoms in total. The number of pyridine rings is 1. The van der Waals surface area contributed by atoms with Crippen LogP contribution in [0.15, 0.2) is 59.3 Å². The van der Waals surface area contributed by atoms with Crippen LogP contribution in [0, 0.1) is 0 Å². The van der Waals surface area contributed by atoms with Crippen LogP contribution in [0.2, 0.25) is 0 Å². The number of nitrogens with zero attached hydrogens (tertiary/aromatic N) is 3. The second-order valence-electron chi connectivity index (χ2n) is 6.14. The minimum atomic E-state index is 0.304. The van der Waals surface area contributed by atoms with Crippen molar-refractivity contribution in [2.24, 2.45) is 0 Å². The second-order valence-corrected chi connectivity index (χ2v) is 7.05. The van der Waals surface area contributed by atoms with Crippen molar-refractivity contribution in [2.45, 2.75) is 32.9 Å². The van der Waals surface area contributed by atoms with Crippen LogP contribution in [0.25, 0.3) is 11.3 Å². The Hall–Kier alpha value is -2.47. The molecular formula is C20H22BrN5. The van der Waals surface area contributed by atoms with E-state index >= 15 is 0 Å². The molecule has 0 saturated carbocycles. The third kappa shape index (κ3) is 5.02. The van der Waals surface area contributed by atoms with Gasteiger partial charge in [0.25, 0.3) is 0 Å². The number of hydrogen-bond acceptors (Lipinski definition) is 5. The summed E-state index contributed by atoms with van der Waals surface area (Å²) in [5, 5.41) is 6.75. The van der Waals surface area contributed by atoms with Gasteiger partial charge in [-0.3, -0.25) is 4.98 Å². The van der Waals surface area contributed by atoms with Gasteiger partial charge in [0.15, 0.2) is 0 Å². The minimum Gasteiger partial charge on any atom is -0.366 e. The normalized spacial score (nSPS) is 11.8. The Morgan fingerprint density at radius 1 is 1.12 bits per heavy atom. The first-order valence-corrected chi connectivity index (χ1v) is 9.47. The molecule has 0 unspecified atom stereocenters. The first-order valence-electron chi connectivity index (χ1n) is 8.68. The second kappa shape index (κ2) is 8.76. The van der Waals surface area contributed by atoms with Crippen molar-refractivity contribution in [3.8, 4) is 11.3 Å². The number of benzene rings is 1. The van der Waals surface area contributed by atoms with Gasteiger partial charge in [0.05, 0.1) is 5.69 Å². The molecule has 0 fully saturated rings. The molecule has 3 rings (SSSR count). The van der Waals surface area contributed by atoms with Crippen LogP contribution in [0.1, 0.15) is 25.8 Å². The Kier molecular flexibility index (Phi) is 6.17. The zero-order valence-corrected chi connectivity index (χ0v) is 16.5. The van der Waals surface area contributed by atoms with Gasteiger partial charge in [-0.15, -0.1) is 0 Å². The molecule has 0 saturated heterocycles. The lowest BCUT2D eigenvalue weighted by Crippen LogP contribution is -2.16. The molecule has 3 aromatic rings. The standard InChI is InChI=1S/C20H22BrN5/c1-3-14(2)24-20-25-18(16-5-4-10-22-13-16)11-19(26-20)23-12-15-6-8-17(21)9-7-15/h4-11,13-14H,3,12H2,1-2H3,(H2,23,24,25,26)/t14-/m0/s1. The lowest BCUT2D eigenvalue weighted by Gasteiger charge is -2.14. The molecule has 2 heterocycles. The van der Waals surface area contributed by atoms with Crippen molar-refractivity contribution in [2.75, 3.05) is 10.6 Å². The Labute approximate surface area is 162 Å². The van der Waals surface area contributed by atoms with Crippen molar-refractivity contribution in [3.05, 3.63) is 64.9 Å². The van der Waals surface area contributed by atoms with E-state index in [1.165, 1.54) is 5.56 Å². The van der Waals surface area contributed by atoms with E-state index in [0.717, 1.165) is 28.0 Å². The molecule has 0 amide bonds. The van der Waals surface area contributed by atoms with Crippen LogP contribution < -0.4 is 10.6 Å². The van der Waals surface area contributed by atoms with E-state index in [1.807, 2.05) is 36.5 Å². The van der Waals surface area contributed by atoms with Gasteiger partial charge in [-0.1, -0.05) is 35.0 Å². The number of hydrogen-bond donors (Lipinski definition) is 2. The molecule has 0 aliphatic rings. The maximum absolute atomic E-state index is 4.65. The van der Waals surface area contributed by atoms with Crippen LogP contribution in [0.3, 0.4) is 0 Å². The summed E-state index contributed by atoms with van der Waals surface area (Å²) in [5.41, 5.74) is 3.00. The van der Waals surface area contributed by atoms with Crippen LogP contribution in [0.5, 0.6) is 0 Å². The predicted molar refractivity (Wildman–Crippen MR) is 110 cm³/mol. The van der Waals surface area contributed by atoms with Gasteiger partial charge in [-0.05, 0) is 43.2 Å². The molecule has 0 spiro atoms. The Morgan fingerprint density at radius 2 is 1.92 bits per heavy atom. The molecule has 26 heavy (non-hydrogen) atoms. The fraction of sp³-hybridized carbons (Fsp3) is 0.250. The molecule has 134 valence electrons. The molecule has 2 N–H and O–H groups in total. The summed E-state index contributed by atoms with van der Waals surface area (Å²) in [7, 11) is 0. The van der Waals surface area contributed by atoms with Gasteiger partial charge in [-0.2, -0.15) is 4.98 Å². The van der Waals surface area contributed by atoms with Gasteiger partial charge in [-0.25, -0.2) is 4.98 Å². The van der Waals surface area contributed by atoms with Crippen LogP contribution in [-0.4, -0.2) is 21.0 Å². The summed E-state index contributed by atoms with van der Waals surface area (Å²) < 4.78 is 1.07. The summed E-state index contributed by atoms with van der Waals surface area (Å²) >= 11 is 3.46. The maximum atomic E-state index is 4.65. The summed E-state index contributed by atoms with van der Waals surface area (Å²) in [6.07, 6.45) is 4.58. The lowest BCUT2D eigenvalue weighted by molar-refractivity contribution is 0.753. The Bertz CT molecular complexity index is 837. The fourth-order valence-corrected chi connectivity index (χ4v) is 2.65. The monoisotopic (exact) mass is 411 g/mol. The lowest BCUT2D eigenvalue weighted by atomic mass is 10.2. The van der Waals surface area contributed by atoms with Crippen LogP contribution >= 0.6 is 15.9 Å². The highest BCUT2D eigenvalue weighted by molar-refractivity contribution is 9.10. The molecular weight excluding hydrogens is 390 g/mol. The van der Waals surface area contributed by atoms with Crippen LogP contribution in [-0.2, 0) is 6.54 Å². The first-order chi connectivity index (χ1) is 12.6. The SMILES string of the molecule is CC[C@H](C)Nc1nc(NCc2ccc(Br)cc2)cc(-c2cccnc2)n1. The third-order valence-corrected chi connectivity index (χ3v) is 4.59. The van der Waals surface area contributed by atoms with Crippen molar-refractivity contribution in [1.82, 2.24) is 15.0 Å². The van der Waals surface area contributed by atoms with E-state index in [2.05, 4.69) is 67.5 Å². The summed E-state index contributed by atoms with van der Waals surface area (Å²) in [6.45, 7) is 4.95. The highest BCUT2D eigenvalue weighted by atomic mass is 79.9. The van der Waals surface area contributed by atoms with Gasteiger partial charge < -0.3 is 10.6 Å². The van der Waals surface area contributed by atoms with E-state index < -0.39 is 0 Å². The van der Waals surface area contributed by atoms with E-state index in [0.29, 0.717) is 18.5 Å². The molecule has 1 atom stereocenters. The molecule has 1 aromatic carbocycles. The average Bonchev–Trinajstić information content (AvgIpc) is 2.68. The molecule has 0 bridgehead atoms. The molecule has 6 heteroatoms. The summed E-state index contributed by atoms with van der Waals surface area (Å²) in [4.78, 5) is 13.5. The van der Waals surface area contributed by atoms with Crippen molar-refractivity contribution < 1.29 is 0 Å².